The van der Waals surface area contributed by atoms with E-state index in [-0.39, 0.29) is 16.9 Å². The third kappa shape index (κ3) is 3.80. The molecular formula is C20H17FN2O3. The third-order valence-corrected chi connectivity index (χ3v) is 3.77. The Labute approximate surface area is 150 Å². The Hall–Kier alpha value is -3.41. The summed E-state index contributed by atoms with van der Waals surface area (Å²) in [5.41, 5.74) is 1.94. The number of hydrogen-bond donors (Lipinski definition) is 2. The van der Waals surface area contributed by atoms with Crippen LogP contribution in [0, 0.1) is 5.82 Å². The molecule has 1 aromatic heterocycles. The molecule has 0 atom stereocenters. The molecule has 0 bridgehead atoms. The first-order chi connectivity index (χ1) is 12.6. The molecule has 3 rings (SSSR count). The van der Waals surface area contributed by atoms with Gasteiger partial charge in [0.15, 0.2) is 0 Å². The SMILES string of the molecule is CCOc1cccc(-c2ccc(Nc3cnccc3C(=O)O)c(F)c2)c1. The Bertz CT molecular complexity index is 944. The summed E-state index contributed by atoms with van der Waals surface area (Å²) in [6.07, 6.45) is 2.72. The average Bonchev–Trinajstić information content (AvgIpc) is 2.64. The topological polar surface area (TPSA) is 71.5 Å². The van der Waals surface area contributed by atoms with Crippen molar-refractivity contribution < 1.29 is 19.0 Å². The largest absolute Gasteiger partial charge is 0.494 e. The molecule has 0 fully saturated rings. The lowest BCUT2D eigenvalue weighted by molar-refractivity contribution is 0.0698. The van der Waals surface area contributed by atoms with Gasteiger partial charge >= 0.3 is 5.97 Å². The predicted octanol–water partition coefficient (Wildman–Crippen LogP) is 4.73. The van der Waals surface area contributed by atoms with Crippen LogP contribution in [0.3, 0.4) is 0 Å². The monoisotopic (exact) mass is 352 g/mol. The number of anilines is 2. The minimum absolute atomic E-state index is 0.0212. The molecule has 0 aliphatic rings. The molecule has 0 spiro atoms. The van der Waals surface area contributed by atoms with Crippen molar-refractivity contribution in [1.82, 2.24) is 4.98 Å². The number of carboxylic acid groups (broad SMARTS) is 1. The van der Waals surface area contributed by atoms with Gasteiger partial charge in [0.1, 0.15) is 11.6 Å². The van der Waals surface area contributed by atoms with Gasteiger partial charge < -0.3 is 15.2 Å². The zero-order valence-electron chi connectivity index (χ0n) is 14.1. The Kier molecular flexibility index (Phi) is 5.12. The lowest BCUT2D eigenvalue weighted by Gasteiger charge is -2.11. The number of pyridine rings is 1. The van der Waals surface area contributed by atoms with Gasteiger partial charge in [-0.3, -0.25) is 4.98 Å². The summed E-state index contributed by atoms with van der Waals surface area (Å²) in [4.78, 5) is 15.1. The number of hydrogen-bond acceptors (Lipinski definition) is 4. The number of carbonyl (C=O) groups is 1. The number of carboxylic acids is 1. The Balaban J connectivity index is 1.89. The maximum atomic E-state index is 14.5. The van der Waals surface area contributed by atoms with E-state index in [1.54, 1.807) is 12.1 Å². The summed E-state index contributed by atoms with van der Waals surface area (Å²) in [5, 5.41) is 12.0. The second-order valence-corrected chi connectivity index (χ2v) is 5.51. The minimum Gasteiger partial charge on any atom is -0.494 e. The fraction of sp³-hybridized carbons (Fsp3) is 0.100. The third-order valence-electron chi connectivity index (χ3n) is 3.77. The van der Waals surface area contributed by atoms with E-state index in [1.165, 1.54) is 24.5 Å². The summed E-state index contributed by atoms with van der Waals surface area (Å²) in [6.45, 7) is 2.45. The van der Waals surface area contributed by atoms with Gasteiger partial charge in [-0.1, -0.05) is 18.2 Å². The fourth-order valence-corrected chi connectivity index (χ4v) is 2.55. The van der Waals surface area contributed by atoms with E-state index in [0.29, 0.717) is 17.9 Å². The molecule has 132 valence electrons. The molecule has 2 aromatic carbocycles. The van der Waals surface area contributed by atoms with Gasteiger partial charge in [0.05, 0.1) is 29.7 Å². The zero-order valence-corrected chi connectivity index (χ0v) is 14.1. The van der Waals surface area contributed by atoms with Crippen LogP contribution in [0.1, 0.15) is 17.3 Å². The molecule has 0 aliphatic heterocycles. The first kappa shape index (κ1) is 17.4. The van der Waals surface area contributed by atoms with E-state index in [9.17, 15) is 14.3 Å². The van der Waals surface area contributed by atoms with Crippen molar-refractivity contribution in [2.75, 3.05) is 11.9 Å². The fourth-order valence-electron chi connectivity index (χ4n) is 2.55. The number of rotatable bonds is 6. The van der Waals surface area contributed by atoms with E-state index in [1.807, 2.05) is 31.2 Å². The molecule has 1 heterocycles. The standard InChI is InChI=1S/C20H17FN2O3/c1-2-26-15-5-3-4-13(10-15)14-6-7-18(17(21)11-14)23-19-12-22-9-8-16(19)20(24)25/h3-12,23H,2H2,1H3,(H,24,25). The lowest BCUT2D eigenvalue weighted by Crippen LogP contribution is -2.04. The van der Waals surface area contributed by atoms with Gasteiger partial charge in [0.2, 0.25) is 0 Å². The van der Waals surface area contributed by atoms with Crippen molar-refractivity contribution >= 4 is 17.3 Å². The van der Waals surface area contributed by atoms with Crippen LogP contribution in [0.5, 0.6) is 5.75 Å². The molecule has 2 N–H and O–H groups in total. The molecule has 0 radical (unpaired) electrons. The summed E-state index contributed by atoms with van der Waals surface area (Å²) in [5.74, 6) is -0.891. The van der Waals surface area contributed by atoms with Crippen LogP contribution in [0.25, 0.3) is 11.1 Å². The van der Waals surface area contributed by atoms with Gasteiger partial charge in [0, 0.05) is 6.20 Å². The van der Waals surface area contributed by atoms with Gasteiger partial charge in [-0.2, -0.15) is 0 Å². The van der Waals surface area contributed by atoms with Gasteiger partial charge in [-0.25, -0.2) is 9.18 Å². The Morgan fingerprint density at radius 3 is 2.69 bits per heavy atom. The number of ether oxygens (including phenoxy) is 1. The molecule has 3 aromatic rings. The number of nitrogens with zero attached hydrogens (tertiary/aromatic N) is 1. The van der Waals surface area contributed by atoms with Crippen LogP contribution < -0.4 is 10.1 Å². The molecular weight excluding hydrogens is 335 g/mol. The lowest BCUT2D eigenvalue weighted by atomic mass is 10.0. The highest BCUT2D eigenvalue weighted by molar-refractivity contribution is 5.94. The minimum atomic E-state index is -1.11. The summed E-state index contributed by atoms with van der Waals surface area (Å²) in [6, 6.07) is 13.5. The van der Waals surface area contributed by atoms with Crippen molar-refractivity contribution in [3.8, 4) is 16.9 Å². The van der Waals surface area contributed by atoms with Crippen molar-refractivity contribution in [1.29, 1.82) is 0 Å². The summed E-state index contributed by atoms with van der Waals surface area (Å²) in [7, 11) is 0. The van der Waals surface area contributed by atoms with Crippen molar-refractivity contribution in [3.63, 3.8) is 0 Å². The van der Waals surface area contributed by atoms with E-state index in [0.717, 1.165) is 5.56 Å². The van der Waals surface area contributed by atoms with Crippen molar-refractivity contribution in [2.24, 2.45) is 0 Å². The second kappa shape index (κ2) is 7.65. The van der Waals surface area contributed by atoms with Crippen LogP contribution >= 0.6 is 0 Å². The number of benzene rings is 2. The summed E-state index contributed by atoms with van der Waals surface area (Å²) >= 11 is 0. The summed E-state index contributed by atoms with van der Waals surface area (Å²) < 4.78 is 20.0. The highest BCUT2D eigenvalue weighted by atomic mass is 19.1. The van der Waals surface area contributed by atoms with Crippen LogP contribution in [-0.2, 0) is 0 Å². The van der Waals surface area contributed by atoms with Crippen LogP contribution in [0.15, 0.2) is 60.9 Å². The molecule has 0 saturated carbocycles. The number of aromatic carboxylic acids is 1. The maximum Gasteiger partial charge on any atom is 0.337 e. The van der Waals surface area contributed by atoms with Gasteiger partial charge in [0.25, 0.3) is 0 Å². The molecule has 0 aliphatic carbocycles. The zero-order chi connectivity index (χ0) is 18.5. The quantitative estimate of drug-likeness (QED) is 0.671. The highest BCUT2D eigenvalue weighted by Gasteiger charge is 2.12. The van der Waals surface area contributed by atoms with E-state index in [2.05, 4.69) is 10.3 Å². The first-order valence-electron chi connectivity index (χ1n) is 8.05. The van der Waals surface area contributed by atoms with Gasteiger partial charge in [-0.05, 0) is 48.4 Å². The van der Waals surface area contributed by atoms with E-state index < -0.39 is 11.8 Å². The van der Waals surface area contributed by atoms with E-state index in [4.69, 9.17) is 4.74 Å². The predicted molar refractivity (Wildman–Crippen MR) is 97.5 cm³/mol. The van der Waals surface area contributed by atoms with Crippen LogP contribution in [0.4, 0.5) is 15.8 Å². The molecule has 0 saturated heterocycles. The van der Waals surface area contributed by atoms with Gasteiger partial charge in [-0.15, -0.1) is 0 Å². The average molecular weight is 352 g/mol. The molecule has 26 heavy (non-hydrogen) atoms. The molecule has 6 heteroatoms. The molecule has 0 amide bonds. The maximum absolute atomic E-state index is 14.5. The normalized spacial score (nSPS) is 10.4. The second-order valence-electron chi connectivity index (χ2n) is 5.51. The highest BCUT2D eigenvalue weighted by Crippen LogP contribution is 2.29. The van der Waals surface area contributed by atoms with Crippen LogP contribution in [-0.4, -0.2) is 22.7 Å². The van der Waals surface area contributed by atoms with Crippen molar-refractivity contribution in [2.45, 2.75) is 6.92 Å². The molecule has 5 nitrogen and oxygen atoms in total. The van der Waals surface area contributed by atoms with Crippen LogP contribution in [0.2, 0.25) is 0 Å². The number of halogens is 1. The van der Waals surface area contributed by atoms with E-state index >= 15 is 0 Å². The molecule has 0 unspecified atom stereocenters. The Morgan fingerprint density at radius 2 is 1.96 bits per heavy atom. The number of nitrogens with one attached hydrogen (secondary N) is 1. The smallest absolute Gasteiger partial charge is 0.337 e. The Morgan fingerprint density at radius 1 is 1.15 bits per heavy atom. The van der Waals surface area contributed by atoms with Crippen molar-refractivity contribution in [3.05, 3.63) is 72.3 Å². The number of aromatic nitrogens is 1. The first-order valence-corrected chi connectivity index (χ1v) is 8.05.